The van der Waals surface area contributed by atoms with E-state index in [0.717, 1.165) is 5.56 Å². The van der Waals surface area contributed by atoms with Crippen molar-refractivity contribution in [3.8, 4) is 5.69 Å². The third-order valence-electron chi connectivity index (χ3n) is 5.83. The average Bonchev–Trinajstić information content (AvgIpc) is 2.84. The van der Waals surface area contributed by atoms with Crippen LogP contribution in [0.15, 0.2) is 58.5 Å². The number of aryl methyl sites for hydroxylation is 1. The number of esters is 1. The Morgan fingerprint density at radius 3 is 2.48 bits per heavy atom. The van der Waals surface area contributed by atoms with E-state index in [0.29, 0.717) is 54.3 Å². The van der Waals surface area contributed by atoms with E-state index in [1.807, 2.05) is 49.4 Å². The van der Waals surface area contributed by atoms with Gasteiger partial charge in [-0.05, 0) is 51.0 Å². The summed E-state index contributed by atoms with van der Waals surface area (Å²) in [4.78, 5) is 44.6. The van der Waals surface area contributed by atoms with Crippen LogP contribution in [0.2, 0.25) is 0 Å². The molecule has 2 aromatic carbocycles. The monoisotopic (exact) mass is 465 g/mol. The van der Waals surface area contributed by atoms with Gasteiger partial charge in [0.1, 0.15) is 0 Å². The fourth-order valence-corrected chi connectivity index (χ4v) is 4.89. The lowest BCUT2D eigenvalue weighted by atomic mass is 9.97. The second kappa shape index (κ2) is 10.2. The summed E-state index contributed by atoms with van der Waals surface area (Å²) in [5, 5.41) is 1.02. The molecule has 0 aliphatic carbocycles. The number of hydrogen-bond acceptors (Lipinski definition) is 6. The molecule has 1 aromatic heterocycles. The Balaban J connectivity index is 1.53. The van der Waals surface area contributed by atoms with Gasteiger partial charge < -0.3 is 9.64 Å². The van der Waals surface area contributed by atoms with Crippen LogP contribution in [0, 0.1) is 12.8 Å². The molecule has 0 radical (unpaired) electrons. The van der Waals surface area contributed by atoms with Crippen LogP contribution in [-0.4, -0.2) is 51.8 Å². The lowest BCUT2D eigenvalue weighted by molar-refractivity contribution is -0.151. The average molecular weight is 466 g/mol. The number of amides is 1. The zero-order chi connectivity index (χ0) is 23.4. The number of likely N-dealkylation sites (tertiary alicyclic amines) is 1. The first-order valence-corrected chi connectivity index (χ1v) is 12.1. The molecule has 0 unspecified atom stereocenters. The minimum Gasteiger partial charge on any atom is -0.466 e. The van der Waals surface area contributed by atoms with Crippen LogP contribution in [0.4, 0.5) is 0 Å². The van der Waals surface area contributed by atoms with Gasteiger partial charge in [-0.1, -0.05) is 41.6 Å². The van der Waals surface area contributed by atoms with Gasteiger partial charge in [-0.3, -0.25) is 19.0 Å². The second-order valence-electron chi connectivity index (χ2n) is 8.08. The van der Waals surface area contributed by atoms with E-state index in [1.165, 1.54) is 11.8 Å². The maximum atomic E-state index is 13.3. The highest BCUT2D eigenvalue weighted by molar-refractivity contribution is 7.99. The number of hydrogen-bond donors (Lipinski definition) is 0. The number of aromatic nitrogens is 2. The number of thioether (sulfide) groups is 1. The normalized spacial score (nSPS) is 14.4. The molecule has 0 spiro atoms. The van der Waals surface area contributed by atoms with Gasteiger partial charge in [-0.2, -0.15) is 0 Å². The quantitative estimate of drug-likeness (QED) is 0.314. The van der Waals surface area contributed by atoms with Crippen LogP contribution in [0.3, 0.4) is 0 Å². The topological polar surface area (TPSA) is 81.5 Å². The molecule has 0 N–H and O–H groups in total. The number of para-hydroxylation sites is 1. The van der Waals surface area contributed by atoms with Crippen molar-refractivity contribution in [3.63, 3.8) is 0 Å². The predicted octanol–water partition coefficient (Wildman–Crippen LogP) is 3.59. The molecule has 0 bridgehead atoms. The van der Waals surface area contributed by atoms with Crippen LogP contribution in [0.25, 0.3) is 16.6 Å². The molecule has 7 nitrogen and oxygen atoms in total. The van der Waals surface area contributed by atoms with E-state index in [2.05, 4.69) is 0 Å². The Hall–Kier alpha value is -3.13. The van der Waals surface area contributed by atoms with Gasteiger partial charge in [0.05, 0.1) is 34.9 Å². The molecule has 33 heavy (non-hydrogen) atoms. The summed E-state index contributed by atoms with van der Waals surface area (Å²) < 4.78 is 6.68. The lowest BCUT2D eigenvalue weighted by Gasteiger charge is -2.30. The van der Waals surface area contributed by atoms with Crippen molar-refractivity contribution < 1.29 is 14.3 Å². The van der Waals surface area contributed by atoms with Crippen molar-refractivity contribution in [2.24, 2.45) is 5.92 Å². The summed E-state index contributed by atoms with van der Waals surface area (Å²) in [6.07, 6.45) is 1.22. The highest BCUT2D eigenvalue weighted by Gasteiger charge is 2.28. The summed E-state index contributed by atoms with van der Waals surface area (Å²) in [6, 6.07) is 14.9. The SMILES string of the molecule is CCOC(=O)C1CCN(C(=O)CSc2nc3ccccc3c(=O)n2-c2ccc(C)cc2)CC1. The highest BCUT2D eigenvalue weighted by atomic mass is 32.2. The molecular formula is C25H27N3O4S. The number of carbonyl (C=O) groups excluding carboxylic acids is 2. The van der Waals surface area contributed by atoms with Crippen molar-refractivity contribution in [2.75, 3.05) is 25.4 Å². The number of rotatable bonds is 6. The molecule has 0 atom stereocenters. The fraction of sp³-hybridized carbons (Fsp3) is 0.360. The minimum atomic E-state index is -0.179. The summed E-state index contributed by atoms with van der Waals surface area (Å²) in [5.74, 6) is -0.182. The molecule has 1 saturated heterocycles. The lowest BCUT2D eigenvalue weighted by Crippen LogP contribution is -2.41. The number of ether oxygens (including phenoxy) is 1. The van der Waals surface area contributed by atoms with Gasteiger partial charge in [0.15, 0.2) is 5.16 Å². The molecule has 1 fully saturated rings. The number of carbonyl (C=O) groups is 2. The molecule has 4 rings (SSSR count). The molecule has 0 saturated carbocycles. The number of benzene rings is 2. The van der Waals surface area contributed by atoms with Crippen LogP contribution >= 0.6 is 11.8 Å². The molecule has 1 aliphatic heterocycles. The Labute approximate surface area is 196 Å². The number of fused-ring (bicyclic) bond motifs is 1. The second-order valence-corrected chi connectivity index (χ2v) is 9.03. The first-order valence-electron chi connectivity index (χ1n) is 11.1. The molecule has 1 aliphatic rings. The van der Waals surface area contributed by atoms with Gasteiger partial charge in [-0.25, -0.2) is 4.98 Å². The third kappa shape index (κ3) is 5.11. The molecule has 2 heterocycles. The molecule has 8 heteroatoms. The standard InChI is InChI=1S/C25H27N3O4S/c1-3-32-24(31)18-12-14-27(15-13-18)22(29)16-33-25-26-21-7-5-4-6-20(21)23(30)28(25)19-10-8-17(2)9-11-19/h4-11,18H,3,12-16H2,1-2H3. The van der Waals surface area contributed by atoms with Crippen molar-refractivity contribution in [1.29, 1.82) is 0 Å². The first kappa shape index (κ1) is 23.0. The Morgan fingerprint density at radius 2 is 1.79 bits per heavy atom. The third-order valence-corrected chi connectivity index (χ3v) is 6.75. The molecule has 1 amide bonds. The highest BCUT2D eigenvalue weighted by Crippen LogP contribution is 2.24. The van der Waals surface area contributed by atoms with E-state index < -0.39 is 0 Å². The van der Waals surface area contributed by atoms with Crippen molar-refractivity contribution in [2.45, 2.75) is 31.8 Å². The summed E-state index contributed by atoms with van der Waals surface area (Å²) in [6.45, 7) is 5.21. The van der Waals surface area contributed by atoms with Gasteiger partial charge in [0.2, 0.25) is 5.91 Å². The van der Waals surface area contributed by atoms with Crippen molar-refractivity contribution in [1.82, 2.24) is 14.5 Å². The van der Waals surface area contributed by atoms with Gasteiger partial charge in [-0.15, -0.1) is 0 Å². The van der Waals surface area contributed by atoms with Crippen LogP contribution in [-0.2, 0) is 14.3 Å². The minimum absolute atomic E-state index is 0.0276. The Kier molecular flexibility index (Phi) is 7.13. The van der Waals surface area contributed by atoms with E-state index >= 15 is 0 Å². The molecule has 172 valence electrons. The van der Waals surface area contributed by atoms with Crippen LogP contribution in [0.5, 0.6) is 0 Å². The van der Waals surface area contributed by atoms with Gasteiger partial charge >= 0.3 is 5.97 Å². The van der Waals surface area contributed by atoms with Crippen molar-refractivity contribution >= 4 is 34.5 Å². The van der Waals surface area contributed by atoms with Crippen molar-refractivity contribution in [3.05, 3.63) is 64.4 Å². The van der Waals surface area contributed by atoms with E-state index in [9.17, 15) is 14.4 Å². The van der Waals surface area contributed by atoms with Crippen LogP contribution in [0.1, 0.15) is 25.3 Å². The number of nitrogens with zero attached hydrogens (tertiary/aromatic N) is 3. The van der Waals surface area contributed by atoms with E-state index in [1.54, 1.807) is 22.5 Å². The summed E-state index contributed by atoms with van der Waals surface area (Å²) in [7, 11) is 0. The zero-order valence-electron chi connectivity index (χ0n) is 18.8. The van der Waals surface area contributed by atoms with E-state index in [-0.39, 0.29) is 29.1 Å². The van der Waals surface area contributed by atoms with Gasteiger partial charge in [0, 0.05) is 13.1 Å². The summed E-state index contributed by atoms with van der Waals surface area (Å²) in [5.41, 5.74) is 2.26. The smallest absolute Gasteiger partial charge is 0.309 e. The first-order chi connectivity index (χ1) is 16.0. The predicted molar refractivity (Wildman–Crippen MR) is 129 cm³/mol. The largest absolute Gasteiger partial charge is 0.466 e. The van der Waals surface area contributed by atoms with E-state index in [4.69, 9.17) is 9.72 Å². The summed E-state index contributed by atoms with van der Waals surface area (Å²) >= 11 is 1.26. The molecular weight excluding hydrogens is 438 g/mol. The zero-order valence-corrected chi connectivity index (χ0v) is 19.6. The Morgan fingerprint density at radius 1 is 1.09 bits per heavy atom. The number of piperidine rings is 1. The van der Waals surface area contributed by atoms with Crippen LogP contribution < -0.4 is 5.56 Å². The maximum Gasteiger partial charge on any atom is 0.309 e. The molecule has 3 aromatic rings. The van der Waals surface area contributed by atoms with Gasteiger partial charge in [0.25, 0.3) is 5.56 Å². The fourth-order valence-electron chi connectivity index (χ4n) is 3.97. The maximum absolute atomic E-state index is 13.3. The Bertz CT molecular complexity index is 1210.